The van der Waals surface area contributed by atoms with Crippen molar-refractivity contribution >= 4 is 11.9 Å². The molecule has 0 atom stereocenters. The predicted molar refractivity (Wildman–Crippen MR) is 73.8 cm³/mol. The molecule has 1 saturated heterocycles. The van der Waals surface area contributed by atoms with Gasteiger partial charge in [0.1, 0.15) is 5.60 Å². The van der Waals surface area contributed by atoms with Crippen LogP contribution in [0.4, 0.5) is 0 Å². The summed E-state index contributed by atoms with van der Waals surface area (Å²) in [4.78, 5) is 25.2. The number of nitrogens with zero attached hydrogens (tertiary/aromatic N) is 1. The molecule has 0 aliphatic carbocycles. The molecule has 1 fully saturated rings. The van der Waals surface area contributed by atoms with E-state index in [4.69, 9.17) is 4.74 Å². The molecule has 1 N–H and O–H groups in total. The Labute approximate surface area is 115 Å². The maximum absolute atomic E-state index is 11.8. The van der Waals surface area contributed by atoms with Gasteiger partial charge in [-0.25, -0.2) is 0 Å². The second-order valence-corrected chi connectivity index (χ2v) is 5.95. The number of nitrogens with one attached hydrogen (secondary N) is 1. The number of likely N-dealkylation sites (tertiary alicyclic amines) is 1. The first-order valence-corrected chi connectivity index (χ1v) is 7.09. The number of carbonyl (C=O) groups excluding carboxylic acids is 2. The van der Waals surface area contributed by atoms with E-state index in [0.717, 1.165) is 25.9 Å². The molecule has 0 spiro atoms. The van der Waals surface area contributed by atoms with Gasteiger partial charge in [-0.2, -0.15) is 0 Å². The zero-order valence-electron chi connectivity index (χ0n) is 12.3. The van der Waals surface area contributed by atoms with E-state index < -0.39 is 5.60 Å². The minimum Gasteiger partial charge on any atom is -0.460 e. The Morgan fingerprint density at radius 1 is 1.16 bits per heavy atom. The van der Waals surface area contributed by atoms with E-state index in [1.165, 1.54) is 6.42 Å². The maximum Gasteiger partial charge on any atom is 0.307 e. The summed E-state index contributed by atoms with van der Waals surface area (Å²) in [5.74, 6) is -0.102. The van der Waals surface area contributed by atoms with E-state index in [9.17, 15) is 9.59 Å². The summed E-state index contributed by atoms with van der Waals surface area (Å²) < 4.78 is 5.19. The van der Waals surface area contributed by atoms with Crippen LogP contribution in [0.2, 0.25) is 0 Å². The number of carbonyl (C=O) groups is 2. The Morgan fingerprint density at radius 3 is 2.37 bits per heavy atom. The van der Waals surface area contributed by atoms with Gasteiger partial charge in [0.2, 0.25) is 5.91 Å². The molecule has 0 unspecified atom stereocenters. The van der Waals surface area contributed by atoms with Crippen LogP contribution in [0.15, 0.2) is 0 Å². The van der Waals surface area contributed by atoms with Gasteiger partial charge in [0.15, 0.2) is 0 Å². The topological polar surface area (TPSA) is 58.6 Å². The molecule has 5 nitrogen and oxygen atoms in total. The molecule has 1 heterocycles. The minimum absolute atomic E-state index is 0.129. The van der Waals surface area contributed by atoms with Crippen molar-refractivity contribution < 1.29 is 14.3 Å². The predicted octanol–water partition coefficient (Wildman–Crippen LogP) is 1.32. The molecular formula is C14H26N2O3. The van der Waals surface area contributed by atoms with Crippen LogP contribution in [0.1, 0.15) is 46.5 Å². The summed E-state index contributed by atoms with van der Waals surface area (Å²) >= 11 is 0. The Balaban J connectivity index is 2.10. The molecule has 0 aromatic rings. The summed E-state index contributed by atoms with van der Waals surface area (Å²) in [6, 6.07) is 0. The first-order chi connectivity index (χ1) is 8.88. The number of amides is 1. The monoisotopic (exact) mass is 270 g/mol. The highest BCUT2D eigenvalue weighted by atomic mass is 16.6. The minimum atomic E-state index is -0.444. The zero-order chi connectivity index (χ0) is 14.3. The van der Waals surface area contributed by atoms with Crippen LogP contribution >= 0.6 is 0 Å². The van der Waals surface area contributed by atoms with E-state index in [0.29, 0.717) is 19.5 Å². The molecule has 5 heteroatoms. The van der Waals surface area contributed by atoms with Gasteiger partial charge in [0, 0.05) is 19.6 Å². The number of esters is 1. The van der Waals surface area contributed by atoms with Crippen molar-refractivity contribution in [2.24, 2.45) is 0 Å². The largest absolute Gasteiger partial charge is 0.460 e. The Hall–Kier alpha value is -1.10. The second-order valence-electron chi connectivity index (χ2n) is 5.95. The van der Waals surface area contributed by atoms with Gasteiger partial charge >= 0.3 is 5.97 Å². The van der Waals surface area contributed by atoms with Crippen molar-refractivity contribution in [2.75, 3.05) is 26.2 Å². The van der Waals surface area contributed by atoms with Gasteiger partial charge in [-0.05, 0) is 40.0 Å². The first kappa shape index (κ1) is 16.0. The average Bonchev–Trinajstić information content (AvgIpc) is 2.33. The van der Waals surface area contributed by atoms with Crippen molar-refractivity contribution in [3.05, 3.63) is 0 Å². The van der Waals surface area contributed by atoms with Crippen LogP contribution in [-0.2, 0) is 14.3 Å². The smallest absolute Gasteiger partial charge is 0.307 e. The van der Waals surface area contributed by atoms with Crippen LogP contribution in [0.3, 0.4) is 0 Å². The van der Waals surface area contributed by atoms with E-state index in [1.807, 2.05) is 25.7 Å². The van der Waals surface area contributed by atoms with Crippen molar-refractivity contribution in [2.45, 2.75) is 52.1 Å². The Morgan fingerprint density at radius 2 is 1.79 bits per heavy atom. The van der Waals surface area contributed by atoms with E-state index in [-0.39, 0.29) is 11.9 Å². The molecule has 0 saturated carbocycles. The number of hydrogen-bond donors (Lipinski definition) is 1. The number of hydrogen-bond acceptors (Lipinski definition) is 4. The summed E-state index contributed by atoms with van der Waals surface area (Å²) in [7, 11) is 0. The third-order valence-corrected chi connectivity index (χ3v) is 2.91. The molecule has 0 radical (unpaired) electrons. The van der Waals surface area contributed by atoms with Crippen LogP contribution in [-0.4, -0.2) is 48.6 Å². The normalized spacial score (nSPS) is 16.3. The van der Waals surface area contributed by atoms with Gasteiger partial charge in [-0.1, -0.05) is 0 Å². The first-order valence-electron chi connectivity index (χ1n) is 7.09. The molecule has 1 rings (SSSR count). The summed E-state index contributed by atoms with van der Waals surface area (Å²) in [6.07, 6.45) is 3.72. The van der Waals surface area contributed by atoms with Gasteiger partial charge in [0.05, 0.1) is 13.0 Å². The van der Waals surface area contributed by atoms with Gasteiger partial charge in [-0.15, -0.1) is 0 Å². The molecule has 0 bridgehead atoms. The molecule has 110 valence electrons. The highest BCUT2D eigenvalue weighted by Gasteiger charge is 2.17. The van der Waals surface area contributed by atoms with Crippen LogP contribution in [0, 0.1) is 0 Å². The third kappa shape index (κ3) is 7.15. The fraction of sp³-hybridized carbons (Fsp3) is 0.857. The molecule has 0 aromatic carbocycles. The average molecular weight is 270 g/mol. The molecule has 0 aromatic heterocycles. The number of ether oxygens (including phenoxy) is 1. The lowest BCUT2D eigenvalue weighted by atomic mass is 10.1. The highest BCUT2D eigenvalue weighted by molar-refractivity contribution is 5.78. The fourth-order valence-electron chi connectivity index (χ4n) is 2.03. The van der Waals surface area contributed by atoms with E-state index >= 15 is 0 Å². The quantitative estimate of drug-likeness (QED) is 0.604. The second kappa shape index (κ2) is 7.48. The Bertz CT molecular complexity index is 304. The van der Waals surface area contributed by atoms with Crippen molar-refractivity contribution in [3.8, 4) is 0 Å². The Kier molecular flexibility index (Phi) is 6.28. The van der Waals surface area contributed by atoms with E-state index in [1.54, 1.807) is 0 Å². The third-order valence-electron chi connectivity index (χ3n) is 2.91. The number of piperidine rings is 1. The number of rotatable bonds is 5. The molecular weight excluding hydrogens is 244 g/mol. The van der Waals surface area contributed by atoms with Gasteiger partial charge in [0.25, 0.3) is 0 Å². The van der Waals surface area contributed by atoms with Crippen molar-refractivity contribution in [1.29, 1.82) is 0 Å². The molecule has 1 aliphatic heterocycles. The van der Waals surface area contributed by atoms with Crippen LogP contribution < -0.4 is 5.32 Å². The molecule has 19 heavy (non-hydrogen) atoms. The lowest BCUT2D eigenvalue weighted by molar-refractivity contribution is -0.154. The lowest BCUT2D eigenvalue weighted by Crippen LogP contribution is -2.41. The SMILES string of the molecule is CC(C)(C)OC(=O)CCNCC(=O)N1CCCCC1. The van der Waals surface area contributed by atoms with Crippen LogP contribution in [0.5, 0.6) is 0 Å². The van der Waals surface area contributed by atoms with Crippen molar-refractivity contribution in [3.63, 3.8) is 0 Å². The highest BCUT2D eigenvalue weighted by Crippen LogP contribution is 2.09. The summed E-state index contributed by atoms with van der Waals surface area (Å²) in [5.41, 5.74) is -0.444. The van der Waals surface area contributed by atoms with Gasteiger partial charge in [-0.3, -0.25) is 9.59 Å². The van der Waals surface area contributed by atoms with Crippen molar-refractivity contribution in [1.82, 2.24) is 10.2 Å². The standard InChI is InChI=1S/C14H26N2O3/c1-14(2,3)19-13(18)7-8-15-11-12(17)16-9-5-4-6-10-16/h15H,4-11H2,1-3H3. The zero-order valence-corrected chi connectivity index (χ0v) is 12.3. The summed E-state index contributed by atoms with van der Waals surface area (Å²) in [6.45, 7) is 8.06. The van der Waals surface area contributed by atoms with Crippen LogP contribution in [0.25, 0.3) is 0 Å². The van der Waals surface area contributed by atoms with Gasteiger partial charge < -0.3 is 15.0 Å². The lowest BCUT2D eigenvalue weighted by Gasteiger charge is -2.26. The maximum atomic E-state index is 11.8. The summed E-state index contributed by atoms with van der Waals surface area (Å²) in [5, 5.41) is 3.01. The fourth-order valence-corrected chi connectivity index (χ4v) is 2.03. The molecule has 1 amide bonds. The molecule has 1 aliphatic rings. The van der Waals surface area contributed by atoms with E-state index in [2.05, 4.69) is 5.32 Å².